The third-order valence-corrected chi connectivity index (χ3v) is 6.52. The Labute approximate surface area is 223 Å². The summed E-state index contributed by atoms with van der Waals surface area (Å²) >= 11 is 0. The highest BCUT2D eigenvalue weighted by molar-refractivity contribution is 6.19. The zero-order valence-corrected chi connectivity index (χ0v) is 21.3. The number of hydrogen-bond acceptors (Lipinski definition) is 8. The van der Waals surface area contributed by atoms with Crippen LogP contribution >= 0.6 is 0 Å². The molecule has 0 aliphatic carbocycles. The standard InChI is InChI=1S/C29H24N4O6/c1-17(13-25(34)33-9-11-37-12-10-33)21-7-8-24-22(14-21)26(32-29(36)23-16-31-39-18(23)2)28(38-24)27(35)20-5-3-19(15-30)4-6-20/h3-8,13-14,16H,9-12H2,1-2H3,(H,32,36)/b17-13-. The number of ether oxygens (including phenoxy) is 1. The average molecular weight is 525 g/mol. The lowest BCUT2D eigenvalue weighted by Gasteiger charge is -2.25. The highest BCUT2D eigenvalue weighted by Gasteiger charge is 2.26. The van der Waals surface area contributed by atoms with E-state index < -0.39 is 11.7 Å². The number of ketones is 1. The molecule has 0 radical (unpaired) electrons. The first kappa shape index (κ1) is 25.6. The van der Waals surface area contributed by atoms with E-state index >= 15 is 0 Å². The van der Waals surface area contributed by atoms with Crippen LogP contribution in [-0.2, 0) is 9.53 Å². The third kappa shape index (κ3) is 5.21. The van der Waals surface area contributed by atoms with Gasteiger partial charge in [0.05, 0.1) is 36.7 Å². The summed E-state index contributed by atoms with van der Waals surface area (Å²) in [5, 5.41) is 16.0. The van der Waals surface area contributed by atoms with E-state index in [1.807, 2.05) is 13.0 Å². The summed E-state index contributed by atoms with van der Waals surface area (Å²) in [6.45, 7) is 5.50. The highest BCUT2D eigenvalue weighted by atomic mass is 16.5. The fourth-order valence-corrected chi connectivity index (χ4v) is 4.30. The topological polar surface area (TPSA) is 139 Å². The normalized spacial score (nSPS) is 13.8. The van der Waals surface area contributed by atoms with Crippen molar-refractivity contribution in [3.8, 4) is 6.07 Å². The van der Waals surface area contributed by atoms with Crippen LogP contribution in [-0.4, -0.2) is 54.0 Å². The summed E-state index contributed by atoms with van der Waals surface area (Å²) < 4.78 is 16.3. The SMILES string of the molecule is C/C(=C/C(=O)N1CCOCC1)c1ccc2oc(C(=O)c3ccc(C#N)cc3)c(NC(=O)c3cnoc3C)c2c1. The summed E-state index contributed by atoms with van der Waals surface area (Å²) in [5.74, 6) is -0.854. The number of rotatable bonds is 6. The number of aromatic nitrogens is 1. The molecule has 2 amide bonds. The fourth-order valence-electron chi connectivity index (χ4n) is 4.30. The zero-order valence-electron chi connectivity index (χ0n) is 21.3. The molecule has 4 aromatic rings. The summed E-state index contributed by atoms with van der Waals surface area (Å²) in [5.41, 5.74) is 2.90. The first-order valence-electron chi connectivity index (χ1n) is 12.2. The van der Waals surface area contributed by atoms with Crippen LogP contribution in [0.1, 0.15) is 50.3 Å². The van der Waals surface area contributed by atoms with Gasteiger partial charge in [-0.1, -0.05) is 11.2 Å². The Kier molecular flexibility index (Phi) is 7.08. The number of carbonyl (C=O) groups is 3. The maximum atomic E-state index is 13.5. The molecule has 0 saturated carbocycles. The lowest BCUT2D eigenvalue weighted by molar-refractivity contribution is -0.129. The first-order valence-corrected chi connectivity index (χ1v) is 12.2. The number of anilines is 1. The molecule has 1 fully saturated rings. The molecule has 10 heteroatoms. The maximum Gasteiger partial charge on any atom is 0.261 e. The summed E-state index contributed by atoms with van der Waals surface area (Å²) in [7, 11) is 0. The van der Waals surface area contributed by atoms with E-state index in [1.54, 1.807) is 36.1 Å². The molecule has 0 bridgehead atoms. The number of carbonyl (C=O) groups excluding carboxylic acids is 3. The Bertz CT molecular complexity index is 1650. The first-order chi connectivity index (χ1) is 18.9. The molecule has 196 valence electrons. The largest absolute Gasteiger partial charge is 0.450 e. The molecule has 0 spiro atoms. The van der Waals surface area contributed by atoms with Gasteiger partial charge in [-0.15, -0.1) is 0 Å². The van der Waals surface area contributed by atoms with Crippen LogP contribution in [0.15, 0.2) is 63.7 Å². The molecule has 2 aromatic carbocycles. The van der Waals surface area contributed by atoms with Gasteiger partial charge in [0.2, 0.25) is 11.7 Å². The van der Waals surface area contributed by atoms with Gasteiger partial charge >= 0.3 is 0 Å². The molecular weight excluding hydrogens is 500 g/mol. The second-order valence-corrected chi connectivity index (χ2v) is 9.05. The van der Waals surface area contributed by atoms with Gasteiger partial charge in [-0.25, -0.2) is 0 Å². The zero-order chi connectivity index (χ0) is 27.5. The number of amides is 2. The van der Waals surface area contributed by atoms with Crippen LogP contribution in [0, 0.1) is 18.3 Å². The van der Waals surface area contributed by atoms with E-state index in [1.165, 1.54) is 30.5 Å². The summed E-state index contributed by atoms with van der Waals surface area (Å²) in [4.78, 5) is 41.1. The number of nitrogens with one attached hydrogen (secondary N) is 1. The molecule has 10 nitrogen and oxygen atoms in total. The Morgan fingerprint density at radius 1 is 1.08 bits per heavy atom. The van der Waals surface area contributed by atoms with E-state index in [-0.39, 0.29) is 28.5 Å². The van der Waals surface area contributed by atoms with Crippen molar-refractivity contribution in [1.82, 2.24) is 10.1 Å². The van der Waals surface area contributed by atoms with Crippen LogP contribution < -0.4 is 5.32 Å². The predicted molar refractivity (Wildman–Crippen MR) is 141 cm³/mol. The number of nitrogens with zero attached hydrogens (tertiary/aromatic N) is 3. The van der Waals surface area contributed by atoms with Gasteiger partial charge < -0.3 is 23.9 Å². The van der Waals surface area contributed by atoms with Crippen LogP contribution in [0.2, 0.25) is 0 Å². The molecule has 1 saturated heterocycles. The molecular formula is C29H24N4O6. The second kappa shape index (κ2) is 10.8. The molecule has 3 heterocycles. The number of benzene rings is 2. The van der Waals surface area contributed by atoms with Crippen molar-refractivity contribution in [2.24, 2.45) is 0 Å². The van der Waals surface area contributed by atoms with Gasteiger partial charge in [0.15, 0.2) is 5.76 Å². The molecule has 1 aliphatic heterocycles. The van der Waals surface area contributed by atoms with Gasteiger partial charge in [-0.2, -0.15) is 5.26 Å². The van der Waals surface area contributed by atoms with E-state index in [4.69, 9.17) is 18.9 Å². The van der Waals surface area contributed by atoms with Crippen molar-refractivity contribution < 1.29 is 28.1 Å². The Balaban J connectivity index is 1.56. The van der Waals surface area contributed by atoms with Gasteiger partial charge in [0.1, 0.15) is 16.9 Å². The van der Waals surface area contributed by atoms with Crippen molar-refractivity contribution in [3.05, 3.63) is 88.5 Å². The van der Waals surface area contributed by atoms with Gasteiger partial charge in [-0.05, 0) is 61.4 Å². The van der Waals surface area contributed by atoms with Gasteiger partial charge in [-0.3, -0.25) is 14.4 Å². The maximum absolute atomic E-state index is 13.5. The molecule has 1 aliphatic rings. The number of furan rings is 1. The lowest BCUT2D eigenvalue weighted by atomic mass is 10.0. The minimum atomic E-state index is -0.523. The molecule has 1 N–H and O–H groups in total. The molecule has 5 rings (SSSR count). The number of fused-ring (bicyclic) bond motifs is 1. The molecule has 0 atom stereocenters. The van der Waals surface area contributed by atoms with Crippen LogP contribution in [0.3, 0.4) is 0 Å². The predicted octanol–water partition coefficient (Wildman–Crippen LogP) is 4.35. The van der Waals surface area contributed by atoms with E-state index in [0.717, 1.165) is 5.56 Å². The van der Waals surface area contributed by atoms with Crippen molar-refractivity contribution in [1.29, 1.82) is 5.26 Å². The monoisotopic (exact) mass is 524 g/mol. The van der Waals surface area contributed by atoms with Gasteiger partial charge in [0, 0.05) is 30.1 Å². The number of nitriles is 1. The van der Waals surface area contributed by atoms with Crippen LogP contribution in [0.4, 0.5) is 5.69 Å². The van der Waals surface area contributed by atoms with E-state index in [0.29, 0.717) is 54.2 Å². The Morgan fingerprint density at radius 2 is 1.79 bits per heavy atom. The summed E-state index contributed by atoms with van der Waals surface area (Å²) in [6, 6.07) is 13.4. The molecule has 2 aromatic heterocycles. The second-order valence-electron chi connectivity index (χ2n) is 9.05. The molecule has 39 heavy (non-hydrogen) atoms. The number of aryl methyl sites for hydroxylation is 1. The summed E-state index contributed by atoms with van der Waals surface area (Å²) in [6.07, 6.45) is 2.86. The van der Waals surface area contributed by atoms with Crippen molar-refractivity contribution >= 4 is 39.8 Å². The molecule has 0 unspecified atom stereocenters. The minimum Gasteiger partial charge on any atom is -0.450 e. The van der Waals surface area contributed by atoms with Crippen molar-refractivity contribution in [2.45, 2.75) is 13.8 Å². The minimum absolute atomic E-state index is 0.0691. The number of allylic oxidation sites excluding steroid dienone is 1. The van der Waals surface area contributed by atoms with Crippen LogP contribution in [0.5, 0.6) is 0 Å². The lowest BCUT2D eigenvalue weighted by Crippen LogP contribution is -2.39. The van der Waals surface area contributed by atoms with Crippen molar-refractivity contribution in [3.63, 3.8) is 0 Å². The van der Waals surface area contributed by atoms with E-state index in [9.17, 15) is 14.4 Å². The number of hydrogen-bond donors (Lipinski definition) is 1. The highest BCUT2D eigenvalue weighted by Crippen LogP contribution is 2.35. The Morgan fingerprint density at radius 3 is 2.46 bits per heavy atom. The van der Waals surface area contributed by atoms with E-state index in [2.05, 4.69) is 10.5 Å². The van der Waals surface area contributed by atoms with Crippen LogP contribution in [0.25, 0.3) is 16.5 Å². The third-order valence-electron chi connectivity index (χ3n) is 6.52. The number of morpholine rings is 1. The Hall–Kier alpha value is -5.01. The van der Waals surface area contributed by atoms with Gasteiger partial charge in [0.25, 0.3) is 5.91 Å². The quantitative estimate of drug-likeness (QED) is 0.290. The average Bonchev–Trinajstić information content (AvgIpc) is 3.56. The fraction of sp³-hybridized carbons (Fsp3) is 0.207. The smallest absolute Gasteiger partial charge is 0.261 e. The van der Waals surface area contributed by atoms with Crippen molar-refractivity contribution in [2.75, 3.05) is 31.6 Å².